The summed E-state index contributed by atoms with van der Waals surface area (Å²) in [4.78, 5) is 17.2. The molecule has 0 bridgehead atoms. The maximum atomic E-state index is 14.3. The topological polar surface area (TPSA) is 106 Å². The molecule has 2 aliphatic rings. The van der Waals surface area contributed by atoms with E-state index >= 15 is 0 Å². The lowest BCUT2D eigenvalue weighted by Crippen LogP contribution is -2.34. The van der Waals surface area contributed by atoms with Gasteiger partial charge in [-0.3, -0.25) is 0 Å². The molecule has 2 saturated heterocycles. The Hall–Kier alpha value is -3.12. The van der Waals surface area contributed by atoms with Gasteiger partial charge in [-0.2, -0.15) is 4.98 Å². The van der Waals surface area contributed by atoms with Crippen LogP contribution in [0.1, 0.15) is 62.8 Å². The molecule has 218 valence electrons. The van der Waals surface area contributed by atoms with E-state index < -0.39 is 29.4 Å². The van der Waals surface area contributed by atoms with Crippen LogP contribution in [0.3, 0.4) is 0 Å². The minimum Gasteiger partial charge on any atom is -0.490 e. The summed E-state index contributed by atoms with van der Waals surface area (Å²) in [7, 11) is 0. The van der Waals surface area contributed by atoms with Crippen LogP contribution in [0.15, 0.2) is 29.0 Å². The van der Waals surface area contributed by atoms with E-state index in [9.17, 15) is 13.2 Å². The van der Waals surface area contributed by atoms with Gasteiger partial charge in [0.05, 0.1) is 19.0 Å². The lowest BCUT2D eigenvalue weighted by Gasteiger charge is -2.30. The van der Waals surface area contributed by atoms with Gasteiger partial charge in [0.2, 0.25) is 5.95 Å². The Morgan fingerprint density at radius 3 is 2.40 bits per heavy atom. The Morgan fingerprint density at radius 1 is 1.02 bits per heavy atom. The SMILES string of the molecule is CC(C)c1noc(N2CCC(CCCOc3cnc(N4C[C@H](c5cc(F)c(F)cc5F)[C@@H](N)C4)nc3)CC2)n1.Cl. The molecule has 9 nitrogen and oxygen atoms in total. The number of nitrogens with two attached hydrogens (primary N) is 1. The number of ether oxygens (including phenoxy) is 1. The summed E-state index contributed by atoms with van der Waals surface area (Å²) in [5, 5.41) is 4.05. The predicted molar refractivity (Wildman–Crippen MR) is 147 cm³/mol. The van der Waals surface area contributed by atoms with E-state index in [-0.39, 0.29) is 23.9 Å². The minimum absolute atomic E-state index is 0. The number of benzene rings is 1. The van der Waals surface area contributed by atoms with Crippen molar-refractivity contribution < 1.29 is 22.4 Å². The van der Waals surface area contributed by atoms with Crippen LogP contribution in [0.2, 0.25) is 0 Å². The molecular weight excluding hydrogens is 547 g/mol. The number of nitrogens with zero attached hydrogens (tertiary/aromatic N) is 6. The summed E-state index contributed by atoms with van der Waals surface area (Å²) in [6, 6.07) is 1.59. The molecule has 3 aromatic rings. The van der Waals surface area contributed by atoms with E-state index in [1.54, 1.807) is 12.4 Å². The highest BCUT2D eigenvalue weighted by atomic mass is 35.5. The first-order valence-electron chi connectivity index (χ1n) is 13.5. The monoisotopic (exact) mass is 581 g/mol. The van der Waals surface area contributed by atoms with E-state index in [2.05, 4.69) is 25.0 Å². The highest BCUT2D eigenvalue weighted by molar-refractivity contribution is 5.85. The molecule has 1 aromatic carbocycles. The van der Waals surface area contributed by atoms with Crippen LogP contribution in [0.5, 0.6) is 5.75 Å². The maximum Gasteiger partial charge on any atom is 0.324 e. The van der Waals surface area contributed by atoms with Crippen molar-refractivity contribution in [2.24, 2.45) is 11.7 Å². The molecule has 4 heterocycles. The second-order valence-electron chi connectivity index (χ2n) is 10.7. The minimum atomic E-state index is -1.22. The summed E-state index contributed by atoms with van der Waals surface area (Å²) in [6.45, 7) is 7.14. The third-order valence-electron chi connectivity index (χ3n) is 7.56. The molecule has 40 heavy (non-hydrogen) atoms. The average Bonchev–Trinajstić information content (AvgIpc) is 3.57. The standard InChI is InChI=1S/C27H34F3N7O2.ClH/c1-16(2)25-34-27(39-35-25)36-7-5-17(6-8-36)4-3-9-38-18-12-32-26(33-13-18)37-14-20(24(31)15-37)19-10-22(29)23(30)11-21(19)28;/h10-13,16-17,20,24H,3-9,14-15,31H2,1-2H3;1H/t20-,24+;/m1./s1. The Bertz CT molecular complexity index is 1260. The number of piperidine rings is 1. The van der Waals surface area contributed by atoms with E-state index in [4.69, 9.17) is 15.0 Å². The fraction of sp³-hybridized carbons (Fsp3) is 0.556. The van der Waals surface area contributed by atoms with Crippen LogP contribution in [0.25, 0.3) is 0 Å². The molecule has 0 saturated carbocycles. The van der Waals surface area contributed by atoms with E-state index in [1.807, 2.05) is 18.7 Å². The van der Waals surface area contributed by atoms with Crippen molar-refractivity contribution in [2.75, 3.05) is 42.6 Å². The number of aromatic nitrogens is 4. The first-order valence-corrected chi connectivity index (χ1v) is 13.5. The molecule has 5 rings (SSSR count). The summed E-state index contributed by atoms with van der Waals surface area (Å²) in [5.41, 5.74) is 6.26. The van der Waals surface area contributed by atoms with Crippen molar-refractivity contribution >= 4 is 24.4 Å². The van der Waals surface area contributed by atoms with Gasteiger partial charge in [-0.15, -0.1) is 12.4 Å². The van der Waals surface area contributed by atoms with Gasteiger partial charge in [0.15, 0.2) is 23.2 Å². The van der Waals surface area contributed by atoms with Gasteiger partial charge >= 0.3 is 6.01 Å². The molecular formula is C27H35ClF3N7O2. The third-order valence-corrected chi connectivity index (χ3v) is 7.56. The van der Waals surface area contributed by atoms with Crippen LogP contribution >= 0.6 is 12.4 Å². The van der Waals surface area contributed by atoms with Crippen LogP contribution in [0.4, 0.5) is 25.1 Å². The fourth-order valence-electron chi connectivity index (χ4n) is 5.25. The van der Waals surface area contributed by atoms with E-state index in [0.717, 1.165) is 50.7 Å². The highest BCUT2D eigenvalue weighted by Crippen LogP contribution is 2.32. The van der Waals surface area contributed by atoms with Gasteiger partial charge in [0.1, 0.15) is 5.82 Å². The summed E-state index contributed by atoms with van der Waals surface area (Å²) < 4.78 is 52.6. The lowest BCUT2D eigenvalue weighted by atomic mass is 9.92. The molecule has 2 atom stereocenters. The van der Waals surface area contributed by atoms with Crippen molar-refractivity contribution in [3.8, 4) is 5.75 Å². The highest BCUT2D eigenvalue weighted by Gasteiger charge is 2.35. The van der Waals surface area contributed by atoms with Gasteiger partial charge in [-0.05, 0) is 43.2 Å². The predicted octanol–water partition coefficient (Wildman–Crippen LogP) is 4.83. The fourth-order valence-corrected chi connectivity index (χ4v) is 5.25. The molecule has 0 unspecified atom stereocenters. The lowest BCUT2D eigenvalue weighted by molar-refractivity contribution is 0.275. The first-order chi connectivity index (χ1) is 18.8. The summed E-state index contributed by atoms with van der Waals surface area (Å²) in [6.07, 6.45) is 7.35. The van der Waals surface area contributed by atoms with E-state index in [0.29, 0.717) is 49.4 Å². The van der Waals surface area contributed by atoms with Crippen molar-refractivity contribution in [1.82, 2.24) is 20.1 Å². The van der Waals surface area contributed by atoms with Gasteiger partial charge in [-0.1, -0.05) is 19.0 Å². The Kier molecular flexibility index (Phi) is 9.72. The zero-order valence-electron chi connectivity index (χ0n) is 22.6. The molecule has 2 aromatic heterocycles. The second kappa shape index (κ2) is 13.0. The third kappa shape index (κ3) is 6.77. The first kappa shape index (κ1) is 29.9. The molecule has 2 N–H and O–H groups in total. The summed E-state index contributed by atoms with van der Waals surface area (Å²) in [5.74, 6) is -1.01. The number of anilines is 2. The molecule has 13 heteroatoms. The maximum absolute atomic E-state index is 14.3. The van der Waals surface area contributed by atoms with Crippen molar-refractivity contribution in [3.63, 3.8) is 0 Å². The molecule has 0 aliphatic carbocycles. The van der Waals surface area contributed by atoms with Crippen LogP contribution < -0.4 is 20.3 Å². The molecule has 0 radical (unpaired) electrons. The Labute approximate surface area is 237 Å². The van der Waals surface area contributed by atoms with Crippen molar-refractivity contribution in [3.05, 3.63) is 53.4 Å². The smallest absolute Gasteiger partial charge is 0.324 e. The van der Waals surface area contributed by atoms with Gasteiger partial charge < -0.3 is 24.8 Å². The second-order valence-corrected chi connectivity index (χ2v) is 10.7. The largest absolute Gasteiger partial charge is 0.490 e. The summed E-state index contributed by atoms with van der Waals surface area (Å²) >= 11 is 0. The van der Waals surface area contributed by atoms with Gasteiger partial charge in [0.25, 0.3) is 0 Å². The molecule has 2 fully saturated rings. The number of hydrogen-bond acceptors (Lipinski definition) is 9. The van der Waals surface area contributed by atoms with Gasteiger partial charge in [-0.25, -0.2) is 23.1 Å². The quantitative estimate of drug-likeness (QED) is 0.281. The van der Waals surface area contributed by atoms with Crippen molar-refractivity contribution in [1.29, 1.82) is 0 Å². The zero-order valence-corrected chi connectivity index (χ0v) is 23.4. The molecule has 2 aliphatic heterocycles. The van der Waals surface area contributed by atoms with Gasteiger partial charge in [0, 0.05) is 50.1 Å². The van der Waals surface area contributed by atoms with Crippen LogP contribution in [-0.4, -0.2) is 58.9 Å². The van der Waals surface area contributed by atoms with E-state index in [1.165, 1.54) is 0 Å². The molecule has 0 amide bonds. The Balaban J connectivity index is 0.00000370. The number of rotatable bonds is 9. The number of halogens is 4. The zero-order chi connectivity index (χ0) is 27.5. The average molecular weight is 582 g/mol. The van der Waals surface area contributed by atoms with Crippen molar-refractivity contribution in [2.45, 2.75) is 57.4 Å². The van der Waals surface area contributed by atoms with Crippen LogP contribution in [-0.2, 0) is 0 Å². The molecule has 0 spiro atoms. The van der Waals surface area contributed by atoms with Crippen LogP contribution in [0, 0.1) is 23.4 Å². The Morgan fingerprint density at radius 2 is 1.73 bits per heavy atom. The number of hydrogen-bond donors (Lipinski definition) is 1. The normalized spacial score (nSPS) is 19.8.